The molecule has 0 aliphatic rings. The third-order valence-electron chi connectivity index (χ3n) is 1.00. The zero-order valence-corrected chi connectivity index (χ0v) is 6.16. The highest BCUT2D eigenvalue weighted by Gasteiger charge is 2.01. The van der Waals surface area contributed by atoms with Crippen LogP contribution in [-0.4, -0.2) is 38.0 Å². The molecule has 0 aromatic carbocycles. The largest absolute Gasteiger partial charge is 0.467 e. The van der Waals surface area contributed by atoms with Crippen LogP contribution in [0.15, 0.2) is 0 Å². The molecule has 0 bridgehead atoms. The van der Waals surface area contributed by atoms with E-state index in [1.807, 2.05) is 0 Å². The Morgan fingerprint density at radius 1 is 1.60 bits per heavy atom. The van der Waals surface area contributed by atoms with Crippen molar-refractivity contribution in [2.45, 2.75) is 6.42 Å². The van der Waals surface area contributed by atoms with Gasteiger partial charge in [-0.15, -0.1) is 0 Å². The van der Waals surface area contributed by atoms with Gasteiger partial charge in [0.15, 0.2) is 0 Å². The molecule has 0 aromatic heterocycles. The smallest absolute Gasteiger partial charge is 0.293 e. The summed E-state index contributed by atoms with van der Waals surface area (Å²) in [5.74, 6) is -0.0400. The SMILES string of the molecule is CN(C)C(=O)CCOC=O. The lowest BCUT2D eigenvalue weighted by Gasteiger charge is -2.08. The Hall–Kier alpha value is -1.06. The van der Waals surface area contributed by atoms with Crippen molar-refractivity contribution >= 4 is 12.4 Å². The number of hydrogen-bond acceptors (Lipinski definition) is 3. The lowest BCUT2D eigenvalue weighted by atomic mass is 10.4. The molecule has 4 nitrogen and oxygen atoms in total. The van der Waals surface area contributed by atoms with Crippen LogP contribution in [0.5, 0.6) is 0 Å². The molecule has 0 N–H and O–H groups in total. The van der Waals surface area contributed by atoms with Crippen molar-refractivity contribution in [3.8, 4) is 0 Å². The highest BCUT2D eigenvalue weighted by Crippen LogP contribution is 1.86. The number of hydrogen-bond donors (Lipinski definition) is 0. The second-order valence-corrected chi connectivity index (χ2v) is 2.01. The van der Waals surface area contributed by atoms with Crippen LogP contribution in [0.1, 0.15) is 6.42 Å². The second-order valence-electron chi connectivity index (χ2n) is 2.01. The molecule has 10 heavy (non-hydrogen) atoms. The lowest BCUT2D eigenvalue weighted by Crippen LogP contribution is -2.22. The van der Waals surface area contributed by atoms with Crippen LogP contribution in [0.3, 0.4) is 0 Å². The summed E-state index contributed by atoms with van der Waals surface area (Å²) in [6.07, 6.45) is 0.256. The minimum Gasteiger partial charge on any atom is -0.467 e. The van der Waals surface area contributed by atoms with E-state index in [1.54, 1.807) is 14.1 Å². The molecule has 0 atom stereocenters. The maximum absolute atomic E-state index is 10.7. The Morgan fingerprint density at radius 2 is 2.20 bits per heavy atom. The average molecular weight is 145 g/mol. The van der Waals surface area contributed by atoms with Crippen molar-refractivity contribution in [2.75, 3.05) is 20.7 Å². The van der Waals surface area contributed by atoms with Gasteiger partial charge < -0.3 is 9.64 Å². The van der Waals surface area contributed by atoms with Crippen molar-refractivity contribution in [1.82, 2.24) is 4.90 Å². The Morgan fingerprint density at radius 3 is 2.60 bits per heavy atom. The summed E-state index contributed by atoms with van der Waals surface area (Å²) in [6.45, 7) is 0.503. The molecule has 0 rings (SSSR count). The zero-order valence-electron chi connectivity index (χ0n) is 6.16. The van der Waals surface area contributed by atoms with Crippen LogP contribution < -0.4 is 0 Å². The fraction of sp³-hybridized carbons (Fsp3) is 0.667. The van der Waals surface area contributed by atoms with Gasteiger partial charge >= 0.3 is 0 Å². The van der Waals surface area contributed by atoms with Crippen molar-refractivity contribution < 1.29 is 14.3 Å². The van der Waals surface area contributed by atoms with Crippen LogP contribution in [0.4, 0.5) is 0 Å². The zero-order chi connectivity index (χ0) is 7.98. The van der Waals surface area contributed by atoms with E-state index in [1.165, 1.54) is 4.90 Å². The van der Waals surface area contributed by atoms with Crippen molar-refractivity contribution in [1.29, 1.82) is 0 Å². The van der Waals surface area contributed by atoms with Crippen molar-refractivity contribution in [2.24, 2.45) is 0 Å². The molecule has 0 saturated heterocycles. The van der Waals surface area contributed by atoms with Gasteiger partial charge in [-0.25, -0.2) is 0 Å². The predicted octanol–water partition coefficient (Wildman–Crippen LogP) is -0.362. The van der Waals surface area contributed by atoms with Gasteiger partial charge in [0.1, 0.15) is 0 Å². The van der Waals surface area contributed by atoms with Crippen LogP contribution in [-0.2, 0) is 14.3 Å². The molecular weight excluding hydrogens is 134 g/mol. The Bertz CT molecular complexity index is 122. The van der Waals surface area contributed by atoms with E-state index in [4.69, 9.17) is 0 Å². The number of ether oxygens (including phenoxy) is 1. The van der Waals surface area contributed by atoms with Crippen LogP contribution in [0, 0.1) is 0 Å². The number of rotatable bonds is 4. The highest BCUT2D eigenvalue weighted by atomic mass is 16.5. The standard InChI is InChI=1S/C6H11NO3/c1-7(2)6(9)3-4-10-5-8/h5H,3-4H2,1-2H3. The highest BCUT2D eigenvalue weighted by molar-refractivity contribution is 5.75. The summed E-state index contributed by atoms with van der Waals surface area (Å²) in [5, 5.41) is 0. The summed E-state index contributed by atoms with van der Waals surface area (Å²) in [7, 11) is 3.31. The fourth-order valence-corrected chi connectivity index (χ4v) is 0.418. The average Bonchev–Trinajstić information content (AvgIpc) is 1.88. The normalized spacial score (nSPS) is 8.60. The molecule has 1 amide bonds. The molecule has 4 heteroatoms. The number of carbonyl (C=O) groups is 2. The van der Waals surface area contributed by atoms with Gasteiger partial charge in [-0.3, -0.25) is 9.59 Å². The first-order valence-electron chi connectivity index (χ1n) is 2.94. The minimum atomic E-state index is -0.0400. The third-order valence-corrected chi connectivity index (χ3v) is 1.00. The van der Waals surface area contributed by atoms with Gasteiger partial charge in [-0.05, 0) is 0 Å². The van der Waals surface area contributed by atoms with E-state index < -0.39 is 0 Å². The van der Waals surface area contributed by atoms with E-state index >= 15 is 0 Å². The topological polar surface area (TPSA) is 46.6 Å². The Kier molecular flexibility index (Phi) is 4.28. The first-order chi connectivity index (χ1) is 4.68. The van der Waals surface area contributed by atoms with Gasteiger partial charge in [0.05, 0.1) is 13.0 Å². The van der Waals surface area contributed by atoms with E-state index in [0.717, 1.165) is 0 Å². The summed E-state index contributed by atoms with van der Waals surface area (Å²) >= 11 is 0. The first-order valence-corrected chi connectivity index (χ1v) is 2.94. The minimum absolute atomic E-state index is 0.0400. The molecule has 0 unspecified atom stereocenters. The lowest BCUT2D eigenvalue weighted by molar-refractivity contribution is -0.133. The monoisotopic (exact) mass is 145 g/mol. The predicted molar refractivity (Wildman–Crippen MR) is 35.3 cm³/mol. The maximum atomic E-state index is 10.7. The van der Waals surface area contributed by atoms with Crippen molar-refractivity contribution in [3.63, 3.8) is 0 Å². The van der Waals surface area contributed by atoms with E-state index in [2.05, 4.69) is 4.74 Å². The molecule has 0 aromatic rings. The Balaban J connectivity index is 3.30. The van der Waals surface area contributed by atoms with E-state index in [9.17, 15) is 9.59 Å². The molecule has 0 saturated carbocycles. The molecule has 0 spiro atoms. The van der Waals surface area contributed by atoms with Gasteiger partial charge in [-0.1, -0.05) is 0 Å². The van der Waals surface area contributed by atoms with E-state index in [0.29, 0.717) is 6.47 Å². The third kappa shape index (κ3) is 3.88. The molecule has 0 aliphatic heterocycles. The van der Waals surface area contributed by atoms with Gasteiger partial charge in [0, 0.05) is 14.1 Å². The summed E-state index contributed by atoms with van der Waals surface area (Å²) in [4.78, 5) is 21.8. The molecule has 0 aliphatic carbocycles. The van der Waals surface area contributed by atoms with Crippen molar-refractivity contribution in [3.05, 3.63) is 0 Å². The Labute approximate surface area is 59.8 Å². The van der Waals surface area contributed by atoms with Crippen LogP contribution >= 0.6 is 0 Å². The van der Waals surface area contributed by atoms with Gasteiger partial charge in [0.25, 0.3) is 6.47 Å². The summed E-state index contributed by atoms with van der Waals surface area (Å²) < 4.78 is 4.33. The summed E-state index contributed by atoms with van der Waals surface area (Å²) in [6, 6.07) is 0. The fourth-order valence-electron chi connectivity index (χ4n) is 0.418. The number of carbonyl (C=O) groups excluding carboxylic acids is 2. The number of nitrogens with zero attached hydrogens (tertiary/aromatic N) is 1. The van der Waals surface area contributed by atoms with E-state index in [-0.39, 0.29) is 18.9 Å². The first kappa shape index (κ1) is 8.94. The molecule has 0 radical (unpaired) electrons. The van der Waals surface area contributed by atoms with Gasteiger partial charge in [-0.2, -0.15) is 0 Å². The number of amides is 1. The van der Waals surface area contributed by atoms with Crippen LogP contribution in [0.2, 0.25) is 0 Å². The van der Waals surface area contributed by atoms with Gasteiger partial charge in [0.2, 0.25) is 5.91 Å². The summed E-state index contributed by atoms with van der Waals surface area (Å²) in [5.41, 5.74) is 0. The van der Waals surface area contributed by atoms with Crippen LogP contribution in [0.25, 0.3) is 0 Å². The molecular formula is C6H11NO3. The molecule has 0 heterocycles. The molecule has 0 fully saturated rings. The second kappa shape index (κ2) is 4.78. The quantitative estimate of drug-likeness (QED) is 0.401. The molecule has 58 valence electrons. The maximum Gasteiger partial charge on any atom is 0.293 e.